The minimum atomic E-state index is -0.0882. The Labute approximate surface area is 190 Å². The van der Waals surface area contributed by atoms with Crippen LogP contribution in [-0.2, 0) is 9.53 Å². The van der Waals surface area contributed by atoms with E-state index in [2.05, 4.69) is 67.7 Å². The molecule has 0 bridgehead atoms. The van der Waals surface area contributed by atoms with Gasteiger partial charge in [0.25, 0.3) is 0 Å². The van der Waals surface area contributed by atoms with Gasteiger partial charge in [-0.2, -0.15) is 0 Å². The minimum absolute atomic E-state index is 0.0177. The summed E-state index contributed by atoms with van der Waals surface area (Å²) in [5.41, 5.74) is 0. The number of rotatable bonds is 16. The second-order valence-electron chi connectivity index (χ2n) is 7.11. The molecule has 0 saturated heterocycles. The van der Waals surface area contributed by atoms with Crippen molar-refractivity contribution in [2.45, 2.75) is 69.5 Å². The molecule has 0 saturated carbocycles. The Kier molecular flexibility index (Phi) is 16.7. The number of methoxy groups -OCH3 is 1. The molecule has 0 radical (unpaired) electrons. The van der Waals surface area contributed by atoms with Gasteiger partial charge in [-0.25, -0.2) is 0 Å². The number of allylic oxidation sites excluding steroid dienone is 8. The van der Waals surface area contributed by atoms with E-state index in [0.717, 1.165) is 32.1 Å². The van der Waals surface area contributed by atoms with Gasteiger partial charge in [0.1, 0.15) is 0 Å². The van der Waals surface area contributed by atoms with Crippen molar-refractivity contribution in [3.05, 3.63) is 78.9 Å². The molecule has 1 unspecified atom stereocenters. The molecule has 30 heavy (non-hydrogen) atoms. The Hall–Kier alpha value is -1.83. The fourth-order valence-electron chi connectivity index (χ4n) is 2.83. The van der Waals surface area contributed by atoms with E-state index < -0.39 is 0 Å². The molecule has 0 aliphatic heterocycles. The summed E-state index contributed by atoms with van der Waals surface area (Å²) in [7, 11) is 1.48. The van der Waals surface area contributed by atoms with E-state index in [1.165, 1.54) is 37.3 Å². The van der Waals surface area contributed by atoms with Crippen LogP contribution < -0.4 is 4.46 Å². The first kappa shape index (κ1) is 26.2. The monoisotopic (exact) mass is 474 g/mol. The number of unbranched alkanes of at least 4 members (excludes halogenated alkanes) is 3. The van der Waals surface area contributed by atoms with Crippen LogP contribution in [0.2, 0.25) is 4.82 Å². The van der Waals surface area contributed by atoms with Gasteiger partial charge in [-0.1, -0.05) is 31.9 Å². The standard InChI is InChI=1S/C27H38O2Se/c1-3-4-5-6-7-8-9-10-11-12-13-14-15-16-17-21-24-26(27(28)29-2)30-25-22-19-18-20-23-25/h7-8,10-11,13-14,16-20,22-23,26H,3-6,9,12,15,21,24H2,1-2H3/b8-7-,11-10-,14-13-,17-16-. The molecule has 1 aromatic rings. The number of carbonyl (C=O) groups is 1. The average molecular weight is 474 g/mol. The summed E-state index contributed by atoms with van der Waals surface area (Å²) in [6.07, 6.45) is 27.7. The molecule has 2 nitrogen and oxygen atoms in total. The van der Waals surface area contributed by atoms with Gasteiger partial charge in [0, 0.05) is 0 Å². The molecule has 1 aromatic carbocycles. The molecule has 164 valence electrons. The number of carbonyl (C=O) groups excluding carboxylic acids is 1. The van der Waals surface area contributed by atoms with Crippen LogP contribution in [0.25, 0.3) is 0 Å². The number of benzene rings is 1. The molecule has 0 amide bonds. The zero-order valence-corrected chi connectivity index (χ0v) is 20.4. The Morgan fingerprint density at radius 1 is 0.867 bits per heavy atom. The van der Waals surface area contributed by atoms with E-state index in [-0.39, 0.29) is 25.7 Å². The van der Waals surface area contributed by atoms with Crippen LogP contribution in [0.1, 0.15) is 64.7 Å². The summed E-state index contributed by atoms with van der Waals surface area (Å²) in [6.45, 7) is 2.24. The van der Waals surface area contributed by atoms with Crippen molar-refractivity contribution in [1.82, 2.24) is 0 Å². The predicted octanol–water partition coefficient (Wildman–Crippen LogP) is 6.73. The van der Waals surface area contributed by atoms with Gasteiger partial charge in [0.2, 0.25) is 0 Å². The summed E-state index contributed by atoms with van der Waals surface area (Å²) in [6, 6.07) is 10.2. The SMILES string of the molecule is CCCCC/C=C\C/C=C\C/C=C\C/C=C\CCC([Se]c1ccccc1)C(=O)OC. The van der Waals surface area contributed by atoms with Crippen LogP contribution in [0.5, 0.6) is 0 Å². The Balaban J connectivity index is 2.16. The predicted molar refractivity (Wildman–Crippen MR) is 131 cm³/mol. The molecular formula is C27H38O2Se. The molecule has 0 aliphatic carbocycles. The van der Waals surface area contributed by atoms with Crippen LogP contribution in [-0.4, -0.2) is 28.0 Å². The zero-order chi connectivity index (χ0) is 21.7. The van der Waals surface area contributed by atoms with Crippen LogP contribution >= 0.6 is 0 Å². The topological polar surface area (TPSA) is 26.3 Å². The van der Waals surface area contributed by atoms with E-state index in [1.807, 2.05) is 18.2 Å². The van der Waals surface area contributed by atoms with E-state index in [1.54, 1.807) is 0 Å². The molecule has 1 rings (SSSR count). The van der Waals surface area contributed by atoms with E-state index in [9.17, 15) is 4.79 Å². The normalized spacial score (nSPS) is 13.1. The van der Waals surface area contributed by atoms with Crippen LogP contribution in [0.3, 0.4) is 0 Å². The fraction of sp³-hybridized carbons (Fsp3) is 0.444. The molecular weight excluding hydrogens is 435 g/mol. The Bertz CT molecular complexity index is 659. The van der Waals surface area contributed by atoms with E-state index in [4.69, 9.17) is 4.74 Å². The first-order valence-electron chi connectivity index (χ1n) is 11.2. The summed E-state index contributed by atoms with van der Waals surface area (Å²) < 4.78 is 6.24. The molecule has 0 spiro atoms. The molecule has 0 heterocycles. The maximum atomic E-state index is 12.1. The van der Waals surface area contributed by atoms with Gasteiger partial charge < -0.3 is 0 Å². The summed E-state index contributed by atoms with van der Waals surface area (Å²) in [4.78, 5) is 12.0. The van der Waals surface area contributed by atoms with Crippen molar-refractivity contribution in [3.8, 4) is 0 Å². The van der Waals surface area contributed by atoms with Crippen LogP contribution in [0.4, 0.5) is 0 Å². The average Bonchev–Trinajstić information content (AvgIpc) is 2.78. The molecule has 0 fully saturated rings. The fourth-order valence-corrected chi connectivity index (χ4v) is 5.11. The van der Waals surface area contributed by atoms with Gasteiger partial charge in [0.05, 0.1) is 0 Å². The van der Waals surface area contributed by atoms with E-state index in [0.29, 0.717) is 0 Å². The van der Waals surface area contributed by atoms with Gasteiger partial charge in [-0.05, 0) is 12.8 Å². The zero-order valence-electron chi connectivity index (χ0n) is 18.7. The molecule has 0 aromatic heterocycles. The van der Waals surface area contributed by atoms with Crippen molar-refractivity contribution in [2.24, 2.45) is 0 Å². The quantitative estimate of drug-likeness (QED) is 0.115. The number of hydrogen-bond donors (Lipinski definition) is 0. The third kappa shape index (κ3) is 14.2. The molecule has 0 N–H and O–H groups in total. The van der Waals surface area contributed by atoms with Gasteiger partial charge in [-0.15, -0.1) is 0 Å². The molecule has 3 heteroatoms. The van der Waals surface area contributed by atoms with Gasteiger partial charge in [-0.3, -0.25) is 0 Å². The van der Waals surface area contributed by atoms with Crippen molar-refractivity contribution in [1.29, 1.82) is 0 Å². The Morgan fingerprint density at radius 3 is 2.00 bits per heavy atom. The Morgan fingerprint density at radius 2 is 1.43 bits per heavy atom. The van der Waals surface area contributed by atoms with Crippen LogP contribution in [0, 0.1) is 0 Å². The van der Waals surface area contributed by atoms with Gasteiger partial charge in [0.15, 0.2) is 0 Å². The van der Waals surface area contributed by atoms with Crippen molar-refractivity contribution >= 4 is 25.4 Å². The first-order chi connectivity index (χ1) is 14.8. The summed E-state index contributed by atoms with van der Waals surface area (Å²) in [5, 5.41) is 0. The van der Waals surface area contributed by atoms with Crippen molar-refractivity contribution in [2.75, 3.05) is 7.11 Å². The first-order valence-corrected chi connectivity index (χ1v) is 13.0. The van der Waals surface area contributed by atoms with Crippen molar-refractivity contribution in [3.63, 3.8) is 0 Å². The maximum absolute atomic E-state index is 12.1. The van der Waals surface area contributed by atoms with Gasteiger partial charge >= 0.3 is 146 Å². The van der Waals surface area contributed by atoms with Crippen LogP contribution in [0.15, 0.2) is 78.9 Å². The third-order valence-corrected chi connectivity index (χ3v) is 7.18. The summed E-state index contributed by atoms with van der Waals surface area (Å²) >= 11 is 0.110. The number of hydrogen-bond acceptors (Lipinski definition) is 2. The number of ether oxygens (including phenoxy) is 1. The van der Waals surface area contributed by atoms with E-state index >= 15 is 0 Å². The third-order valence-electron chi connectivity index (χ3n) is 4.54. The number of esters is 1. The molecule has 0 aliphatic rings. The second-order valence-corrected chi connectivity index (χ2v) is 9.79. The summed E-state index contributed by atoms with van der Waals surface area (Å²) in [5.74, 6) is -0.0882. The van der Waals surface area contributed by atoms with Crippen molar-refractivity contribution < 1.29 is 9.53 Å². The molecule has 1 atom stereocenters. The second kappa shape index (κ2) is 19.2.